The molecule has 1 spiro atoms. The summed E-state index contributed by atoms with van der Waals surface area (Å²) in [5, 5.41) is 0. The molecular weight excluding hydrogens is 360 g/mol. The minimum Gasteiger partial charge on any atom is -0.457 e. The Morgan fingerprint density at radius 1 is 0.792 bits per heavy atom. The average Bonchev–Trinajstić information content (AvgIpc) is 2.58. The third-order valence-electron chi connectivity index (χ3n) is 7.37. The van der Waals surface area contributed by atoms with Gasteiger partial charge in [0.1, 0.15) is 11.5 Å². The van der Waals surface area contributed by atoms with Gasteiger partial charge in [0.2, 0.25) is 0 Å². The molecule has 1 aliphatic heterocycles. The highest BCUT2D eigenvalue weighted by molar-refractivity contribution is 9.10. The van der Waals surface area contributed by atoms with E-state index in [9.17, 15) is 0 Å². The zero-order chi connectivity index (χ0) is 15.9. The summed E-state index contributed by atoms with van der Waals surface area (Å²) < 4.78 is 7.60. The number of halogens is 1. The van der Waals surface area contributed by atoms with Crippen LogP contribution in [0, 0.1) is 23.7 Å². The number of hydrogen-bond donors (Lipinski definition) is 0. The van der Waals surface area contributed by atoms with Gasteiger partial charge in [-0.25, -0.2) is 0 Å². The summed E-state index contributed by atoms with van der Waals surface area (Å²) in [5.74, 6) is 5.66. The Kier molecular flexibility index (Phi) is 2.71. The Balaban J connectivity index is 1.69. The van der Waals surface area contributed by atoms with Gasteiger partial charge in [0, 0.05) is 21.0 Å². The Morgan fingerprint density at radius 3 is 2.21 bits per heavy atom. The van der Waals surface area contributed by atoms with E-state index in [2.05, 4.69) is 58.4 Å². The standard InChI is InChI=1S/C22H21BrO/c23-18-5-3-7-20-21(18)22(17-4-1-2-6-19(17)24-20)15-9-13-8-14(11-15)12-16(22)10-13/h1-7,13-16H,8-12H2. The lowest BCUT2D eigenvalue weighted by Gasteiger charge is -2.63. The molecule has 0 unspecified atom stereocenters. The lowest BCUT2D eigenvalue weighted by atomic mass is 9.42. The van der Waals surface area contributed by atoms with Crippen LogP contribution in [-0.4, -0.2) is 0 Å². The van der Waals surface area contributed by atoms with Gasteiger partial charge in [-0.1, -0.05) is 40.2 Å². The molecule has 2 aromatic rings. The molecule has 5 aliphatic rings. The van der Waals surface area contributed by atoms with Crippen molar-refractivity contribution in [2.24, 2.45) is 23.7 Å². The quantitative estimate of drug-likeness (QED) is 0.521. The van der Waals surface area contributed by atoms with Crippen molar-refractivity contribution in [2.45, 2.75) is 37.5 Å². The normalized spacial score (nSPS) is 37.9. The largest absolute Gasteiger partial charge is 0.457 e. The van der Waals surface area contributed by atoms with E-state index < -0.39 is 0 Å². The summed E-state index contributed by atoms with van der Waals surface area (Å²) >= 11 is 3.90. The molecule has 0 amide bonds. The number of ether oxygens (including phenoxy) is 1. The molecule has 1 nitrogen and oxygen atoms in total. The molecule has 0 N–H and O–H groups in total. The highest BCUT2D eigenvalue weighted by atomic mass is 79.9. The van der Waals surface area contributed by atoms with Crippen LogP contribution in [0.1, 0.15) is 43.2 Å². The Hall–Kier alpha value is -1.28. The summed E-state index contributed by atoms with van der Waals surface area (Å²) in [6.45, 7) is 0. The summed E-state index contributed by atoms with van der Waals surface area (Å²) in [4.78, 5) is 0. The van der Waals surface area contributed by atoms with Crippen LogP contribution in [0.2, 0.25) is 0 Å². The summed E-state index contributed by atoms with van der Waals surface area (Å²) in [7, 11) is 0. The third-order valence-corrected chi connectivity index (χ3v) is 8.03. The maximum Gasteiger partial charge on any atom is 0.132 e. The predicted octanol–water partition coefficient (Wildman–Crippen LogP) is 6.30. The van der Waals surface area contributed by atoms with Crippen molar-refractivity contribution in [3.8, 4) is 11.5 Å². The maximum absolute atomic E-state index is 6.36. The van der Waals surface area contributed by atoms with Gasteiger partial charge < -0.3 is 4.74 Å². The summed E-state index contributed by atoms with van der Waals surface area (Å²) in [6.07, 6.45) is 7.11. The first-order chi connectivity index (χ1) is 11.8. The van der Waals surface area contributed by atoms with Crippen LogP contribution < -0.4 is 4.74 Å². The molecule has 1 heterocycles. The van der Waals surface area contributed by atoms with Crippen LogP contribution in [0.25, 0.3) is 0 Å². The van der Waals surface area contributed by atoms with Gasteiger partial charge in [-0.05, 0) is 74.0 Å². The van der Waals surface area contributed by atoms with Crippen molar-refractivity contribution in [2.75, 3.05) is 0 Å². The van der Waals surface area contributed by atoms with Crippen LogP contribution in [0.4, 0.5) is 0 Å². The molecule has 0 saturated heterocycles. The SMILES string of the molecule is Brc1cccc2c1C1(c3ccccc3O2)C2CC3CC(C2)CC1C3. The fourth-order valence-electron chi connectivity index (χ4n) is 6.92. The van der Waals surface area contributed by atoms with Crippen LogP contribution in [-0.2, 0) is 5.41 Å². The van der Waals surface area contributed by atoms with Gasteiger partial charge in [0.25, 0.3) is 0 Å². The van der Waals surface area contributed by atoms with E-state index in [0.717, 1.165) is 35.2 Å². The maximum atomic E-state index is 6.36. The molecule has 0 aromatic heterocycles. The molecular formula is C22H21BrO. The number of benzene rings is 2. The zero-order valence-electron chi connectivity index (χ0n) is 13.7. The van der Waals surface area contributed by atoms with Gasteiger partial charge in [-0.15, -0.1) is 0 Å². The Morgan fingerprint density at radius 2 is 1.46 bits per heavy atom. The fourth-order valence-corrected chi connectivity index (χ4v) is 7.59. The van der Waals surface area contributed by atoms with Gasteiger partial charge in [0.05, 0.1) is 0 Å². The second kappa shape index (κ2) is 4.66. The lowest BCUT2D eigenvalue weighted by molar-refractivity contribution is -0.0455. The molecule has 0 atom stereocenters. The van der Waals surface area contributed by atoms with Crippen LogP contribution >= 0.6 is 15.9 Å². The average molecular weight is 381 g/mol. The highest BCUT2D eigenvalue weighted by Gasteiger charge is 2.61. The smallest absolute Gasteiger partial charge is 0.132 e. The first kappa shape index (κ1) is 13.9. The molecule has 4 fully saturated rings. The number of para-hydroxylation sites is 1. The van der Waals surface area contributed by atoms with Gasteiger partial charge in [-0.3, -0.25) is 0 Å². The van der Waals surface area contributed by atoms with Crippen LogP contribution in [0.5, 0.6) is 11.5 Å². The number of hydrogen-bond acceptors (Lipinski definition) is 1. The Bertz CT molecular complexity index is 812. The van der Waals surface area contributed by atoms with Crippen molar-refractivity contribution in [3.05, 3.63) is 58.1 Å². The van der Waals surface area contributed by atoms with Crippen molar-refractivity contribution in [3.63, 3.8) is 0 Å². The van der Waals surface area contributed by atoms with E-state index in [4.69, 9.17) is 4.74 Å². The summed E-state index contributed by atoms with van der Waals surface area (Å²) in [6, 6.07) is 15.3. The zero-order valence-corrected chi connectivity index (χ0v) is 15.3. The van der Waals surface area contributed by atoms with E-state index in [1.165, 1.54) is 47.7 Å². The molecule has 2 aromatic carbocycles. The second-order valence-electron chi connectivity index (χ2n) is 8.38. The van der Waals surface area contributed by atoms with E-state index >= 15 is 0 Å². The molecule has 2 heteroatoms. The van der Waals surface area contributed by atoms with Crippen LogP contribution in [0.15, 0.2) is 46.9 Å². The van der Waals surface area contributed by atoms with E-state index in [0.29, 0.717) is 0 Å². The van der Waals surface area contributed by atoms with Gasteiger partial charge >= 0.3 is 0 Å². The van der Waals surface area contributed by atoms with E-state index in [1.807, 2.05) is 0 Å². The van der Waals surface area contributed by atoms with Crippen molar-refractivity contribution < 1.29 is 4.74 Å². The molecule has 4 bridgehead atoms. The van der Waals surface area contributed by atoms with Crippen molar-refractivity contribution in [1.82, 2.24) is 0 Å². The predicted molar refractivity (Wildman–Crippen MR) is 98.5 cm³/mol. The molecule has 4 aliphatic carbocycles. The fraction of sp³-hybridized carbons (Fsp3) is 0.455. The van der Waals surface area contributed by atoms with Crippen molar-refractivity contribution >= 4 is 15.9 Å². The van der Waals surface area contributed by atoms with Crippen molar-refractivity contribution in [1.29, 1.82) is 0 Å². The molecule has 4 saturated carbocycles. The molecule has 122 valence electrons. The van der Waals surface area contributed by atoms with Gasteiger partial charge in [0.15, 0.2) is 0 Å². The van der Waals surface area contributed by atoms with E-state index in [1.54, 1.807) is 0 Å². The first-order valence-corrected chi connectivity index (χ1v) is 10.1. The minimum absolute atomic E-state index is 0.164. The first-order valence-electron chi connectivity index (χ1n) is 9.33. The summed E-state index contributed by atoms with van der Waals surface area (Å²) in [5.41, 5.74) is 3.06. The number of fused-ring (bicyclic) bond motifs is 2. The van der Waals surface area contributed by atoms with E-state index in [-0.39, 0.29) is 5.41 Å². The lowest BCUT2D eigenvalue weighted by Crippen LogP contribution is -2.57. The monoisotopic (exact) mass is 380 g/mol. The Labute approximate surface area is 151 Å². The third kappa shape index (κ3) is 1.57. The van der Waals surface area contributed by atoms with Gasteiger partial charge in [-0.2, -0.15) is 0 Å². The minimum atomic E-state index is 0.164. The second-order valence-corrected chi connectivity index (χ2v) is 9.24. The van der Waals surface area contributed by atoms with Crippen LogP contribution in [0.3, 0.4) is 0 Å². The topological polar surface area (TPSA) is 9.23 Å². The highest BCUT2D eigenvalue weighted by Crippen LogP contribution is 2.69. The molecule has 0 radical (unpaired) electrons. The molecule has 24 heavy (non-hydrogen) atoms. The number of rotatable bonds is 0. The molecule has 7 rings (SSSR count).